The number of aromatic hydroxyl groups is 2. The second kappa shape index (κ2) is 4.18. The first-order chi connectivity index (χ1) is 6.49. The van der Waals surface area contributed by atoms with E-state index in [0.29, 0.717) is 8.95 Å². The van der Waals surface area contributed by atoms with E-state index in [2.05, 4.69) is 36.6 Å². The highest BCUT2D eigenvalue weighted by atomic mass is 79.9. The average molecular weight is 326 g/mol. The number of benzene rings is 1. The van der Waals surface area contributed by atoms with Gasteiger partial charge in [0, 0.05) is 0 Å². The molecule has 0 aliphatic carbocycles. The monoisotopic (exact) mass is 324 g/mol. The molecule has 0 amide bonds. The van der Waals surface area contributed by atoms with Crippen LogP contribution in [0.15, 0.2) is 15.0 Å². The number of rotatable bonds is 1. The van der Waals surface area contributed by atoms with Crippen molar-refractivity contribution in [1.29, 1.82) is 0 Å². The quantitative estimate of drug-likeness (QED) is 0.778. The first-order valence-electron chi connectivity index (χ1n) is 3.47. The van der Waals surface area contributed by atoms with Crippen LogP contribution in [0.5, 0.6) is 11.5 Å². The average Bonchev–Trinajstić information content (AvgIpc) is 2.15. The van der Waals surface area contributed by atoms with Gasteiger partial charge in [0.05, 0.1) is 16.1 Å². The number of methoxy groups -OCH3 is 1. The fourth-order valence-electron chi connectivity index (χ4n) is 0.894. The zero-order valence-electron chi connectivity index (χ0n) is 7.04. The fraction of sp³-hybridized carbons (Fsp3) is 0.125. The summed E-state index contributed by atoms with van der Waals surface area (Å²) in [6.07, 6.45) is 0. The molecule has 6 heteroatoms. The van der Waals surface area contributed by atoms with Gasteiger partial charge < -0.3 is 14.9 Å². The number of hydrogen-bond acceptors (Lipinski definition) is 4. The molecule has 0 bridgehead atoms. The summed E-state index contributed by atoms with van der Waals surface area (Å²) in [7, 11) is 1.16. The Morgan fingerprint density at radius 1 is 1.29 bits per heavy atom. The molecule has 0 aliphatic heterocycles. The molecular weight excluding hydrogens is 320 g/mol. The van der Waals surface area contributed by atoms with Crippen LogP contribution >= 0.6 is 31.9 Å². The van der Waals surface area contributed by atoms with Gasteiger partial charge in [0.1, 0.15) is 17.1 Å². The van der Waals surface area contributed by atoms with Crippen molar-refractivity contribution < 1.29 is 19.7 Å². The third-order valence-corrected chi connectivity index (χ3v) is 2.78. The molecule has 0 fully saturated rings. The summed E-state index contributed by atoms with van der Waals surface area (Å²) in [4.78, 5) is 11.2. The van der Waals surface area contributed by atoms with E-state index in [1.807, 2.05) is 0 Å². The lowest BCUT2D eigenvalue weighted by Gasteiger charge is -2.08. The van der Waals surface area contributed by atoms with Crippen LogP contribution in [0.25, 0.3) is 0 Å². The molecule has 1 aromatic carbocycles. The Balaban J connectivity index is 3.47. The number of carbonyl (C=O) groups excluding carboxylic acids is 1. The normalized spacial score (nSPS) is 9.93. The summed E-state index contributed by atoms with van der Waals surface area (Å²) in [5.41, 5.74) is -0.270. The van der Waals surface area contributed by atoms with Crippen molar-refractivity contribution in [1.82, 2.24) is 0 Å². The van der Waals surface area contributed by atoms with Gasteiger partial charge in [-0.1, -0.05) is 0 Å². The van der Waals surface area contributed by atoms with Crippen molar-refractivity contribution in [3.05, 3.63) is 20.6 Å². The smallest absolute Gasteiger partial charge is 0.345 e. The van der Waals surface area contributed by atoms with Crippen molar-refractivity contribution in [2.75, 3.05) is 7.11 Å². The topological polar surface area (TPSA) is 66.8 Å². The minimum atomic E-state index is -0.804. The van der Waals surface area contributed by atoms with Crippen LogP contribution in [0.3, 0.4) is 0 Å². The molecule has 0 unspecified atom stereocenters. The molecule has 1 rings (SSSR count). The number of carbonyl (C=O) groups is 1. The zero-order chi connectivity index (χ0) is 10.9. The maximum atomic E-state index is 11.2. The summed E-state index contributed by atoms with van der Waals surface area (Å²) in [5.74, 6) is -1.50. The van der Waals surface area contributed by atoms with E-state index in [4.69, 9.17) is 0 Å². The predicted octanol–water partition coefficient (Wildman–Crippen LogP) is 2.41. The molecule has 0 aromatic heterocycles. The minimum Gasteiger partial charge on any atom is -0.506 e. The van der Waals surface area contributed by atoms with E-state index < -0.39 is 5.97 Å². The van der Waals surface area contributed by atoms with Gasteiger partial charge in [0.2, 0.25) is 0 Å². The Bertz CT molecular complexity index is 363. The molecule has 0 saturated carbocycles. The first kappa shape index (κ1) is 11.3. The number of phenolic OH excluding ortho intramolecular Hbond substituents is 2. The summed E-state index contributed by atoms with van der Waals surface area (Å²) < 4.78 is 5.00. The van der Waals surface area contributed by atoms with E-state index in [-0.39, 0.29) is 17.1 Å². The number of esters is 1. The molecule has 0 aliphatic rings. The molecule has 0 atom stereocenters. The SMILES string of the molecule is COC(=O)c1c(O)c(Br)cc(Br)c1O. The molecule has 0 radical (unpaired) electrons. The second-order valence-electron chi connectivity index (χ2n) is 2.40. The standard InChI is InChI=1S/C8H6Br2O4/c1-14-8(13)5-6(11)3(9)2-4(10)7(5)12/h2,11-12H,1H3. The number of phenols is 2. The van der Waals surface area contributed by atoms with Gasteiger partial charge in [-0.2, -0.15) is 0 Å². The van der Waals surface area contributed by atoms with Gasteiger partial charge in [-0.25, -0.2) is 4.79 Å². The van der Waals surface area contributed by atoms with Gasteiger partial charge in [0.15, 0.2) is 0 Å². The van der Waals surface area contributed by atoms with Crippen LogP contribution < -0.4 is 0 Å². The molecule has 76 valence electrons. The molecule has 0 saturated heterocycles. The molecular formula is C8H6Br2O4. The van der Waals surface area contributed by atoms with Gasteiger partial charge in [-0.15, -0.1) is 0 Å². The van der Waals surface area contributed by atoms with Gasteiger partial charge in [0.25, 0.3) is 0 Å². The minimum absolute atomic E-state index is 0.270. The summed E-state index contributed by atoms with van der Waals surface area (Å²) >= 11 is 6.06. The number of halogens is 2. The van der Waals surface area contributed by atoms with Crippen molar-refractivity contribution in [3.63, 3.8) is 0 Å². The van der Waals surface area contributed by atoms with E-state index in [1.54, 1.807) is 0 Å². The van der Waals surface area contributed by atoms with Crippen molar-refractivity contribution >= 4 is 37.8 Å². The van der Waals surface area contributed by atoms with Crippen LogP contribution in [0.1, 0.15) is 10.4 Å². The number of hydrogen-bond donors (Lipinski definition) is 2. The number of ether oxygens (including phenoxy) is 1. The van der Waals surface area contributed by atoms with Crippen LogP contribution in [0, 0.1) is 0 Å². The van der Waals surface area contributed by atoms with Gasteiger partial charge >= 0.3 is 5.97 Å². The lowest BCUT2D eigenvalue weighted by Crippen LogP contribution is -2.02. The Morgan fingerprint density at radius 3 is 2.07 bits per heavy atom. The molecule has 0 spiro atoms. The third kappa shape index (κ3) is 1.85. The maximum absolute atomic E-state index is 11.2. The highest BCUT2D eigenvalue weighted by Gasteiger charge is 2.21. The van der Waals surface area contributed by atoms with Crippen LogP contribution in [0.4, 0.5) is 0 Å². The first-order valence-corrected chi connectivity index (χ1v) is 5.06. The predicted molar refractivity (Wildman–Crippen MR) is 56.5 cm³/mol. The third-order valence-electron chi connectivity index (χ3n) is 1.57. The fourth-order valence-corrected chi connectivity index (χ4v) is 2.06. The lowest BCUT2D eigenvalue weighted by molar-refractivity contribution is 0.0593. The molecule has 1 aromatic rings. The Hall–Kier alpha value is -0.750. The van der Waals surface area contributed by atoms with E-state index in [9.17, 15) is 15.0 Å². The van der Waals surface area contributed by atoms with Crippen LogP contribution in [-0.4, -0.2) is 23.3 Å². The van der Waals surface area contributed by atoms with E-state index in [0.717, 1.165) is 7.11 Å². The summed E-state index contributed by atoms with van der Waals surface area (Å²) in [6, 6.07) is 1.43. The molecule has 2 N–H and O–H groups in total. The molecule has 14 heavy (non-hydrogen) atoms. The second-order valence-corrected chi connectivity index (χ2v) is 4.11. The largest absolute Gasteiger partial charge is 0.506 e. The van der Waals surface area contributed by atoms with Crippen LogP contribution in [-0.2, 0) is 4.74 Å². The summed E-state index contributed by atoms with van der Waals surface area (Å²) in [6.45, 7) is 0. The molecule has 4 nitrogen and oxygen atoms in total. The van der Waals surface area contributed by atoms with E-state index in [1.165, 1.54) is 6.07 Å². The maximum Gasteiger partial charge on any atom is 0.345 e. The summed E-state index contributed by atoms with van der Waals surface area (Å²) in [5, 5.41) is 19.0. The molecule has 0 heterocycles. The highest BCUT2D eigenvalue weighted by Crippen LogP contribution is 2.40. The Morgan fingerprint density at radius 2 is 1.71 bits per heavy atom. The van der Waals surface area contributed by atoms with Crippen LogP contribution in [0.2, 0.25) is 0 Å². The van der Waals surface area contributed by atoms with E-state index >= 15 is 0 Å². The van der Waals surface area contributed by atoms with Gasteiger partial charge in [-0.05, 0) is 37.9 Å². The van der Waals surface area contributed by atoms with Crippen molar-refractivity contribution in [3.8, 4) is 11.5 Å². The highest BCUT2D eigenvalue weighted by molar-refractivity contribution is 9.11. The Labute approximate surface area is 96.8 Å². The van der Waals surface area contributed by atoms with Crippen molar-refractivity contribution in [2.24, 2.45) is 0 Å². The lowest BCUT2D eigenvalue weighted by atomic mass is 10.2. The van der Waals surface area contributed by atoms with Gasteiger partial charge in [-0.3, -0.25) is 0 Å². The zero-order valence-corrected chi connectivity index (χ0v) is 10.2. The Kier molecular flexibility index (Phi) is 3.38. The van der Waals surface area contributed by atoms with Crippen molar-refractivity contribution in [2.45, 2.75) is 0 Å².